The molecule has 0 amide bonds. The van der Waals surface area contributed by atoms with Crippen molar-refractivity contribution in [3.8, 4) is 5.75 Å². The number of ketones is 1. The number of carbonyl (C=O) groups excluding carboxylic acids is 1. The van der Waals surface area contributed by atoms with Crippen LogP contribution in [0.25, 0.3) is 0 Å². The molecule has 6 heteroatoms. The van der Waals surface area contributed by atoms with Crippen LogP contribution in [0.3, 0.4) is 0 Å². The molecule has 1 N–H and O–H groups in total. The molecule has 25 heavy (non-hydrogen) atoms. The predicted molar refractivity (Wildman–Crippen MR) is 100 cm³/mol. The lowest BCUT2D eigenvalue weighted by molar-refractivity contribution is -0.128. The maximum atomic E-state index is 12.7. The number of alkyl halides is 2. The quantitative estimate of drug-likeness (QED) is 0.704. The van der Waals surface area contributed by atoms with E-state index in [-0.39, 0.29) is 23.1 Å². The fourth-order valence-corrected chi connectivity index (χ4v) is 3.40. The molecule has 1 atom stereocenters. The molecule has 0 saturated heterocycles. The van der Waals surface area contributed by atoms with E-state index in [9.17, 15) is 13.6 Å². The van der Waals surface area contributed by atoms with Crippen LogP contribution in [0.1, 0.15) is 47.1 Å². The van der Waals surface area contributed by atoms with Crippen LogP contribution in [0.5, 0.6) is 5.75 Å². The van der Waals surface area contributed by atoms with Gasteiger partial charge in [-0.2, -0.15) is 20.5 Å². The number of benzene rings is 1. The van der Waals surface area contributed by atoms with E-state index in [0.717, 1.165) is 0 Å². The molecule has 142 valence electrons. The number of hydrogen-bond acceptors (Lipinski definition) is 4. The number of Topliss-reactive ketones (excluding diaryl/α,β-unsaturated/α-hetero) is 1. The topological polar surface area (TPSA) is 38.3 Å². The van der Waals surface area contributed by atoms with Crippen LogP contribution >= 0.6 is 11.8 Å². The highest BCUT2D eigenvalue weighted by atomic mass is 32.2. The van der Waals surface area contributed by atoms with Crippen LogP contribution in [0.2, 0.25) is 0 Å². The first-order valence-corrected chi connectivity index (χ1v) is 9.48. The van der Waals surface area contributed by atoms with Crippen LogP contribution in [-0.4, -0.2) is 29.7 Å². The number of carbonyl (C=O) groups is 1. The van der Waals surface area contributed by atoms with Gasteiger partial charge in [-0.15, -0.1) is 0 Å². The fraction of sp³-hybridized carbons (Fsp3) is 0.632. The summed E-state index contributed by atoms with van der Waals surface area (Å²) in [6.45, 7) is 8.93. The van der Waals surface area contributed by atoms with Crippen molar-refractivity contribution >= 4 is 17.5 Å². The van der Waals surface area contributed by atoms with Gasteiger partial charge < -0.3 is 10.1 Å². The maximum absolute atomic E-state index is 12.7. The Morgan fingerprint density at radius 1 is 1.16 bits per heavy atom. The molecule has 1 rings (SSSR count). The van der Waals surface area contributed by atoms with Crippen LogP contribution in [0.15, 0.2) is 24.3 Å². The third-order valence-corrected chi connectivity index (χ3v) is 4.48. The van der Waals surface area contributed by atoms with Gasteiger partial charge >= 0.3 is 6.61 Å². The third-order valence-electron chi connectivity index (χ3n) is 3.39. The summed E-state index contributed by atoms with van der Waals surface area (Å²) in [7, 11) is 0. The molecule has 0 fully saturated rings. The zero-order valence-electron chi connectivity index (χ0n) is 15.9. The van der Waals surface area contributed by atoms with Crippen LogP contribution in [-0.2, 0) is 10.5 Å². The Bertz CT molecular complexity index is 565. The molecule has 0 bridgehead atoms. The monoisotopic (exact) mass is 373 g/mol. The van der Waals surface area contributed by atoms with Crippen LogP contribution in [0, 0.1) is 5.41 Å². The standard InChI is InChI=1S/C19H29F2NO2S/c1-18(2,3)16(23)14(22-19(4,5)6)12-25-11-13-9-7-8-10-15(13)24-17(20)21/h7-10,14,17,22H,11-12H2,1-6H3. The minimum absolute atomic E-state index is 0.145. The predicted octanol–water partition coefficient (Wildman–Crippen LogP) is 4.89. The smallest absolute Gasteiger partial charge is 0.387 e. The summed E-state index contributed by atoms with van der Waals surface area (Å²) in [6, 6.07) is 6.46. The first-order chi connectivity index (χ1) is 11.4. The molecule has 1 aromatic rings. The molecule has 1 aromatic carbocycles. The lowest BCUT2D eigenvalue weighted by Crippen LogP contribution is -2.52. The molecule has 0 spiro atoms. The summed E-state index contributed by atoms with van der Waals surface area (Å²) in [5, 5.41) is 3.37. The van der Waals surface area contributed by atoms with E-state index in [0.29, 0.717) is 17.1 Å². The molecular weight excluding hydrogens is 344 g/mol. The number of para-hydroxylation sites is 1. The average Bonchev–Trinajstić information content (AvgIpc) is 2.44. The summed E-state index contributed by atoms with van der Waals surface area (Å²) < 4.78 is 29.5. The second-order valence-electron chi connectivity index (χ2n) is 8.06. The normalized spacial score (nSPS) is 13.8. The van der Waals surface area contributed by atoms with E-state index in [4.69, 9.17) is 0 Å². The summed E-state index contributed by atoms with van der Waals surface area (Å²) >= 11 is 1.53. The van der Waals surface area contributed by atoms with Gasteiger partial charge in [0.1, 0.15) is 5.75 Å². The molecule has 0 aliphatic rings. The van der Waals surface area contributed by atoms with Crippen LogP contribution < -0.4 is 10.1 Å². The van der Waals surface area contributed by atoms with Gasteiger partial charge in [0.25, 0.3) is 0 Å². The molecule has 3 nitrogen and oxygen atoms in total. The molecular formula is C19H29F2NO2S. The van der Waals surface area contributed by atoms with Crippen molar-refractivity contribution in [2.45, 2.75) is 65.5 Å². The molecule has 0 saturated carbocycles. The van der Waals surface area contributed by atoms with Crippen molar-refractivity contribution in [3.05, 3.63) is 29.8 Å². The fourth-order valence-electron chi connectivity index (χ4n) is 2.35. The Morgan fingerprint density at radius 3 is 2.28 bits per heavy atom. The lowest BCUT2D eigenvalue weighted by atomic mass is 9.86. The largest absolute Gasteiger partial charge is 0.435 e. The Kier molecular flexibility index (Phi) is 7.88. The molecule has 1 unspecified atom stereocenters. The van der Waals surface area contributed by atoms with Gasteiger partial charge in [-0.25, -0.2) is 0 Å². The van der Waals surface area contributed by atoms with Crippen molar-refractivity contribution in [2.75, 3.05) is 5.75 Å². The maximum Gasteiger partial charge on any atom is 0.387 e. The number of nitrogens with one attached hydrogen (secondary N) is 1. The zero-order chi connectivity index (χ0) is 19.3. The third kappa shape index (κ3) is 8.19. The Hall–Kier alpha value is -1.14. The number of rotatable bonds is 8. The van der Waals surface area contributed by atoms with Gasteiger partial charge in [0.15, 0.2) is 5.78 Å². The van der Waals surface area contributed by atoms with E-state index in [1.54, 1.807) is 18.2 Å². The molecule has 0 aliphatic heterocycles. The second-order valence-corrected chi connectivity index (χ2v) is 9.09. The van der Waals surface area contributed by atoms with E-state index < -0.39 is 12.0 Å². The van der Waals surface area contributed by atoms with Gasteiger partial charge in [0.2, 0.25) is 0 Å². The van der Waals surface area contributed by atoms with Gasteiger partial charge in [-0.3, -0.25) is 4.79 Å². The summed E-state index contributed by atoms with van der Waals surface area (Å²) in [5.74, 6) is 1.40. The van der Waals surface area contributed by atoms with Crippen molar-refractivity contribution in [1.29, 1.82) is 0 Å². The highest BCUT2D eigenvalue weighted by Crippen LogP contribution is 2.26. The Morgan fingerprint density at radius 2 is 1.76 bits per heavy atom. The molecule has 0 radical (unpaired) electrons. The molecule has 0 aliphatic carbocycles. The van der Waals surface area contributed by atoms with Gasteiger partial charge in [-0.05, 0) is 26.8 Å². The summed E-state index contributed by atoms with van der Waals surface area (Å²) in [5.41, 5.74) is 0.0636. The first-order valence-electron chi connectivity index (χ1n) is 8.32. The average molecular weight is 374 g/mol. The lowest BCUT2D eigenvalue weighted by Gasteiger charge is -2.31. The van der Waals surface area contributed by atoms with Gasteiger partial charge in [-0.1, -0.05) is 39.0 Å². The highest BCUT2D eigenvalue weighted by molar-refractivity contribution is 7.98. The minimum Gasteiger partial charge on any atom is -0.435 e. The SMILES string of the molecule is CC(C)(C)NC(CSCc1ccccc1OC(F)F)C(=O)C(C)(C)C. The van der Waals surface area contributed by atoms with Crippen molar-refractivity contribution in [3.63, 3.8) is 0 Å². The van der Waals surface area contributed by atoms with Gasteiger partial charge in [0, 0.05) is 28.0 Å². The van der Waals surface area contributed by atoms with Crippen LogP contribution in [0.4, 0.5) is 8.78 Å². The second kappa shape index (κ2) is 8.99. The number of ether oxygens (including phenoxy) is 1. The number of halogens is 2. The summed E-state index contributed by atoms with van der Waals surface area (Å²) in [6.07, 6.45) is 0. The number of thioether (sulfide) groups is 1. The Labute approximate surface area is 153 Å². The van der Waals surface area contributed by atoms with Gasteiger partial charge in [0.05, 0.1) is 6.04 Å². The van der Waals surface area contributed by atoms with E-state index >= 15 is 0 Å². The number of hydrogen-bond donors (Lipinski definition) is 1. The molecule has 0 aromatic heterocycles. The van der Waals surface area contributed by atoms with Crippen molar-refractivity contribution in [1.82, 2.24) is 5.32 Å². The van der Waals surface area contributed by atoms with E-state index in [2.05, 4.69) is 10.1 Å². The zero-order valence-corrected chi connectivity index (χ0v) is 16.7. The molecule has 0 heterocycles. The highest BCUT2D eigenvalue weighted by Gasteiger charge is 2.31. The Balaban J connectivity index is 2.76. The van der Waals surface area contributed by atoms with E-state index in [1.165, 1.54) is 17.8 Å². The minimum atomic E-state index is -2.84. The first kappa shape index (κ1) is 21.9. The van der Waals surface area contributed by atoms with Crippen molar-refractivity contribution in [2.24, 2.45) is 5.41 Å². The van der Waals surface area contributed by atoms with Crippen molar-refractivity contribution < 1.29 is 18.3 Å². The van der Waals surface area contributed by atoms with E-state index in [1.807, 2.05) is 41.5 Å². The summed E-state index contributed by atoms with van der Waals surface area (Å²) in [4.78, 5) is 12.7.